The molecule has 204 valence electrons. The van der Waals surface area contributed by atoms with Gasteiger partial charge in [0.05, 0.1) is 23.6 Å². The number of fused-ring (bicyclic) bond motifs is 3. The van der Waals surface area contributed by atoms with Gasteiger partial charge >= 0.3 is 0 Å². The Balaban J connectivity index is 1.74. The first-order valence-electron chi connectivity index (χ1n) is 13.1. The van der Waals surface area contributed by atoms with E-state index in [2.05, 4.69) is 0 Å². The van der Waals surface area contributed by atoms with E-state index in [4.69, 9.17) is 5.73 Å². The van der Waals surface area contributed by atoms with Crippen LogP contribution in [0.3, 0.4) is 0 Å². The molecule has 0 aliphatic heterocycles. The molecule has 10 heteroatoms. The molecule has 10 nitrogen and oxygen atoms in total. The molecule has 0 bridgehead atoms. The number of aromatic hydroxyl groups is 1. The Morgan fingerprint density at radius 3 is 2.37 bits per heavy atom. The van der Waals surface area contributed by atoms with Crippen LogP contribution < -0.4 is 5.73 Å². The van der Waals surface area contributed by atoms with E-state index in [-0.39, 0.29) is 16.9 Å². The second-order valence-corrected chi connectivity index (χ2v) is 11.3. The number of carbonyl (C=O) groups excluding carboxylic acids is 3. The van der Waals surface area contributed by atoms with E-state index in [0.29, 0.717) is 17.9 Å². The number of carbonyl (C=O) groups is 3. The van der Waals surface area contributed by atoms with Crippen molar-refractivity contribution in [2.75, 3.05) is 14.1 Å². The zero-order chi connectivity index (χ0) is 27.7. The Morgan fingerprint density at radius 2 is 1.76 bits per heavy atom. The highest BCUT2D eigenvalue weighted by Gasteiger charge is 2.67. The normalized spacial score (nSPS) is 33.4. The minimum atomic E-state index is -2.90. The number of aliphatic hydroxyl groups excluding tert-OH is 3. The fourth-order valence-corrected chi connectivity index (χ4v) is 7.45. The number of nitrogens with zero attached hydrogens (tertiary/aromatic N) is 1. The second-order valence-electron chi connectivity index (χ2n) is 11.3. The van der Waals surface area contributed by atoms with E-state index in [1.165, 1.54) is 25.1 Å². The highest BCUT2D eigenvalue weighted by Crippen LogP contribution is 2.56. The maximum absolute atomic E-state index is 13.8. The number of hydrogen-bond acceptors (Lipinski definition) is 9. The number of Topliss-reactive ketones (excluding diaryl/α,β-unsaturated/α-hetero) is 2. The van der Waals surface area contributed by atoms with Gasteiger partial charge in [-0.3, -0.25) is 19.3 Å². The van der Waals surface area contributed by atoms with Crippen LogP contribution in [0.4, 0.5) is 0 Å². The maximum Gasteiger partial charge on any atom is 0.255 e. The molecule has 0 aromatic heterocycles. The van der Waals surface area contributed by atoms with Gasteiger partial charge in [0.25, 0.3) is 5.91 Å². The maximum atomic E-state index is 13.8. The number of likely N-dealkylation sites (N-methyl/N-ethyl adjacent to an activating group) is 1. The largest absolute Gasteiger partial charge is 0.510 e. The Morgan fingerprint density at radius 1 is 1.11 bits per heavy atom. The summed E-state index contributed by atoms with van der Waals surface area (Å²) in [7, 11) is 3.05. The average Bonchev–Trinajstić information content (AvgIpc) is 3.37. The molecule has 0 radical (unpaired) electrons. The molecule has 7 N–H and O–H groups in total. The number of aliphatic hydroxyl groups is 4. The lowest BCUT2D eigenvalue weighted by atomic mass is 9.54. The molecule has 1 fully saturated rings. The quantitative estimate of drug-likeness (QED) is 0.310. The summed E-state index contributed by atoms with van der Waals surface area (Å²) < 4.78 is 0. The van der Waals surface area contributed by atoms with Gasteiger partial charge in [-0.15, -0.1) is 0 Å². The van der Waals surface area contributed by atoms with Gasteiger partial charge in [-0.1, -0.05) is 37.8 Å². The first kappa shape index (κ1) is 26.4. The molecule has 6 atom stereocenters. The first-order valence-corrected chi connectivity index (χ1v) is 13.1. The van der Waals surface area contributed by atoms with Crippen molar-refractivity contribution in [3.63, 3.8) is 0 Å². The van der Waals surface area contributed by atoms with Gasteiger partial charge in [0.15, 0.2) is 11.4 Å². The van der Waals surface area contributed by atoms with Gasteiger partial charge in [0, 0.05) is 11.5 Å². The third kappa shape index (κ3) is 3.54. The Hall–Kier alpha value is -3.21. The van der Waals surface area contributed by atoms with Gasteiger partial charge in [0.2, 0.25) is 5.78 Å². The molecule has 0 heterocycles. The van der Waals surface area contributed by atoms with Crippen LogP contribution in [0.15, 0.2) is 40.9 Å². The number of phenolic OH excluding ortho intramolecular Hbond substituents is 1. The molecule has 1 aromatic carbocycles. The summed E-state index contributed by atoms with van der Waals surface area (Å²) in [6.45, 7) is 0. The van der Waals surface area contributed by atoms with Gasteiger partial charge < -0.3 is 31.3 Å². The molecular weight excluding hydrogens is 492 g/mol. The summed E-state index contributed by atoms with van der Waals surface area (Å²) in [6, 6.07) is 3.41. The van der Waals surface area contributed by atoms with Crippen molar-refractivity contribution in [3.05, 3.63) is 52.0 Å². The van der Waals surface area contributed by atoms with E-state index in [1.807, 2.05) is 0 Å². The third-order valence-electron chi connectivity index (χ3n) is 9.16. The SMILES string of the molecule is CN(C)[C@H]1C(O)=C(C(N)=O)C(=O)[C@]2(O)C(O)=C3C(=O)c4c(O)cccc4C(CCC4CCCC4)[C@@H]3[C@@H](O)[C@H]12. The number of benzene rings is 1. The summed E-state index contributed by atoms with van der Waals surface area (Å²) in [5.74, 6) is -8.08. The summed E-state index contributed by atoms with van der Waals surface area (Å²) in [6.07, 6.45) is 4.19. The summed E-state index contributed by atoms with van der Waals surface area (Å²) in [5, 5.41) is 56.8. The Labute approximate surface area is 220 Å². The van der Waals surface area contributed by atoms with Crippen molar-refractivity contribution in [2.24, 2.45) is 23.5 Å². The zero-order valence-corrected chi connectivity index (χ0v) is 21.4. The number of ketones is 2. The van der Waals surface area contributed by atoms with Crippen molar-refractivity contribution < 1.29 is 39.9 Å². The number of phenols is 1. The van der Waals surface area contributed by atoms with Crippen LogP contribution in [0.25, 0.3) is 0 Å². The molecule has 4 aliphatic carbocycles. The fraction of sp³-hybridized carbons (Fsp3) is 0.536. The predicted octanol–water partition coefficient (Wildman–Crippen LogP) is 1.60. The summed E-state index contributed by atoms with van der Waals surface area (Å²) in [5.41, 5.74) is 1.69. The van der Waals surface area contributed by atoms with Crippen molar-refractivity contribution in [2.45, 2.75) is 62.2 Å². The van der Waals surface area contributed by atoms with Gasteiger partial charge in [-0.25, -0.2) is 0 Å². The van der Waals surface area contributed by atoms with Crippen LogP contribution >= 0.6 is 0 Å². The Kier molecular flexibility index (Phi) is 6.40. The Bertz CT molecular complexity index is 1280. The molecule has 0 spiro atoms. The number of amides is 1. The van der Waals surface area contributed by atoms with E-state index < -0.39 is 70.1 Å². The minimum absolute atomic E-state index is 0.0445. The fourth-order valence-electron chi connectivity index (χ4n) is 7.45. The summed E-state index contributed by atoms with van der Waals surface area (Å²) in [4.78, 5) is 40.8. The van der Waals surface area contributed by atoms with Gasteiger partial charge in [-0.2, -0.15) is 0 Å². The molecule has 1 unspecified atom stereocenters. The van der Waals surface area contributed by atoms with Crippen LogP contribution in [0.5, 0.6) is 5.75 Å². The molecule has 1 amide bonds. The molecule has 1 saturated carbocycles. The van der Waals surface area contributed by atoms with Crippen molar-refractivity contribution in [1.29, 1.82) is 0 Å². The lowest BCUT2D eigenvalue weighted by Crippen LogP contribution is -2.68. The molecule has 38 heavy (non-hydrogen) atoms. The highest BCUT2D eigenvalue weighted by molar-refractivity contribution is 6.25. The van der Waals surface area contributed by atoms with E-state index in [0.717, 1.165) is 32.1 Å². The van der Waals surface area contributed by atoms with Gasteiger partial charge in [-0.05, 0) is 50.4 Å². The van der Waals surface area contributed by atoms with E-state index in [1.54, 1.807) is 12.1 Å². The van der Waals surface area contributed by atoms with Crippen LogP contribution in [0.1, 0.15) is 60.4 Å². The zero-order valence-electron chi connectivity index (χ0n) is 21.4. The monoisotopic (exact) mass is 526 g/mol. The molecular formula is C28H34N2O8. The molecule has 4 aliphatic rings. The second kappa shape index (κ2) is 9.21. The molecule has 0 saturated heterocycles. The molecule has 5 rings (SSSR count). The van der Waals surface area contributed by atoms with E-state index >= 15 is 0 Å². The van der Waals surface area contributed by atoms with Crippen LogP contribution in [0.2, 0.25) is 0 Å². The minimum Gasteiger partial charge on any atom is -0.510 e. The van der Waals surface area contributed by atoms with E-state index in [9.17, 15) is 39.9 Å². The van der Waals surface area contributed by atoms with Crippen molar-refractivity contribution in [3.8, 4) is 5.75 Å². The highest BCUT2D eigenvalue weighted by atomic mass is 16.4. The smallest absolute Gasteiger partial charge is 0.255 e. The predicted molar refractivity (Wildman–Crippen MR) is 135 cm³/mol. The third-order valence-corrected chi connectivity index (χ3v) is 9.16. The van der Waals surface area contributed by atoms with Crippen LogP contribution in [-0.2, 0) is 9.59 Å². The summed E-state index contributed by atoms with van der Waals surface area (Å²) >= 11 is 0. The number of rotatable bonds is 5. The van der Waals surface area contributed by atoms with Crippen molar-refractivity contribution in [1.82, 2.24) is 4.90 Å². The lowest BCUT2D eigenvalue weighted by molar-refractivity contribution is -0.162. The number of hydrogen-bond donors (Lipinski definition) is 6. The average molecular weight is 527 g/mol. The standard InChI is InChI=1S/C28H34N2O8/c1-30(2)21-20-23(33)17-14(11-10-12-6-3-4-7-12)13-8-5-9-15(31)16(13)22(32)18(17)25(35)28(20,38)26(36)19(24(21)34)27(29)37/h5,8-9,12,14,17,20-21,23,31,33-35,38H,3-4,6-7,10-11H2,1-2H3,(H2,29,37)/t14?,17-,20-,21+,23+,28+/m0/s1. The van der Waals surface area contributed by atoms with Crippen LogP contribution in [0, 0.1) is 17.8 Å². The molecule has 1 aromatic rings. The van der Waals surface area contributed by atoms with Crippen molar-refractivity contribution >= 4 is 17.5 Å². The number of nitrogens with two attached hydrogens (primary N) is 1. The first-order chi connectivity index (χ1) is 17.9. The van der Waals surface area contributed by atoms with Gasteiger partial charge in [0.1, 0.15) is 22.8 Å². The number of primary amides is 1. The topological polar surface area (TPSA) is 182 Å². The van der Waals surface area contributed by atoms with Crippen LogP contribution in [-0.4, -0.2) is 79.7 Å². The lowest BCUT2D eigenvalue weighted by Gasteiger charge is -2.54.